The Labute approximate surface area is 254 Å². The van der Waals surface area contributed by atoms with Crippen LogP contribution < -0.4 is 0 Å². The van der Waals surface area contributed by atoms with E-state index in [4.69, 9.17) is 9.40 Å². The summed E-state index contributed by atoms with van der Waals surface area (Å²) in [5.74, 6) is 0.547. The average Bonchev–Trinajstić information content (AvgIpc) is 3.27. The van der Waals surface area contributed by atoms with Gasteiger partial charge in [0.1, 0.15) is 0 Å². The summed E-state index contributed by atoms with van der Waals surface area (Å²) < 4.78 is 8.77. The van der Waals surface area contributed by atoms with E-state index in [9.17, 15) is 9.90 Å². The van der Waals surface area contributed by atoms with Crippen LogP contribution in [0.25, 0.3) is 52.1 Å². The number of aliphatic hydroxyl groups is 1. The molecule has 209 valence electrons. The third kappa shape index (κ3) is 5.69. The molecule has 4 nitrogen and oxygen atoms in total. The zero-order valence-electron chi connectivity index (χ0n) is 23.3. The van der Waals surface area contributed by atoms with Gasteiger partial charge in [0.15, 0.2) is 5.78 Å². The predicted octanol–water partition coefficient (Wildman–Crippen LogP) is 9.17. The number of aromatic nitrogens is 1. The summed E-state index contributed by atoms with van der Waals surface area (Å²) in [5.41, 5.74) is 2.94. The van der Waals surface area contributed by atoms with E-state index in [1.54, 1.807) is 0 Å². The molecule has 6 aromatic rings. The molecular weight excluding hydrogens is 742 g/mol. The first-order valence-corrected chi connectivity index (χ1v) is 15.6. The molecule has 40 heavy (non-hydrogen) atoms. The van der Waals surface area contributed by atoms with Gasteiger partial charge in [-0.15, -0.1) is 0 Å². The van der Waals surface area contributed by atoms with Gasteiger partial charge in [-0.2, -0.15) is 0 Å². The fraction of sp³-hybridized carbons (Fsp3) is 0.294. The molecule has 0 saturated heterocycles. The van der Waals surface area contributed by atoms with Crippen LogP contribution in [-0.2, 0) is 24.9 Å². The number of allylic oxidation sites excluding steroid dienone is 2. The van der Waals surface area contributed by atoms with Crippen molar-refractivity contribution >= 4 is 72.4 Å². The minimum atomic E-state index is 0. The number of hydrogen-bond acceptors (Lipinski definition) is 4. The SMILES string of the molecule is CCC(CC)C(=O)/C=C(\O)C(CC)CC.[Ir].[c-]1ccc2oc3cccc4[se]c5c6ccccc6cnc5c1c2c34. The number of nitrogens with zero attached hydrogens (tertiary/aromatic N) is 1. The summed E-state index contributed by atoms with van der Waals surface area (Å²) in [5, 5.41) is 15.7. The molecule has 0 saturated carbocycles. The van der Waals surface area contributed by atoms with Crippen LogP contribution in [0.15, 0.2) is 77.0 Å². The quantitative estimate of drug-likeness (QED) is 0.0761. The van der Waals surface area contributed by atoms with Crippen LogP contribution in [0, 0.1) is 17.9 Å². The number of benzene rings is 3. The number of ketones is 1. The Kier molecular flexibility index (Phi) is 10.0. The Balaban J connectivity index is 0.000000204. The molecule has 0 atom stereocenters. The Morgan fingerprint density at radius 2 is 1.65 bits per heavy atom. The van der Waals surface area contributed by atoms with Crippen molar-refractivity contribution in [1.29, 1.82) is 0 Å². The fourth-order valence-electron chi connectivity index (χ4n) is 5.35. The number of hydrogen-bond donors (Lipinski definition) is 1. The van der Waals surface area contributed by atoms with Crippen LogP contribution in [-0.4, -0.2) is 30.4 Å². The molecule has 3 aromatic carbocycles. The van der Waals surface area contributed by atoms with Crippen molar-refractivity contribution in [3.8, 4) is 0 Å². The van der Waals surface area contributed by atoms with Gasteiger partial charge >= 0.3 is 143 Å². The van der Waals surface area contributed by atoms with Crippen molar-refractivity contribution in [3.63, 3.8) is 0 Å². The average molecular weight is 776 g/mol. The summed E-state index contributed by atoms with van der Waals surface area (Å²) in [6.07, 6.45) is 6.88. The summed E-state index contributed by atoms with van der Waals surface area (Å²) in [6, 6.07) is 22.3. The summed E-state index contributed by atoms with van der Waals surface area (Å²) in [6.45, 7) is 8.07. The predicted molar refractivity (Wildman–Crippen MR) is 164 cm³/mol. The van der Waals surface area contributed by atoms with Crippen molar-refractivity contribution in [3.05, 3.63) is 78.7 Å². The fourth-order valence-corrected chi connectivity index (χ4v) is 7.91. The third-order valence-corrected chi connectivity index (χ3v) is 10.2. The van der Waals surface area contributed by atoms with E-state index in [1.807, 2.05) is 46.0 Å². The van der Waals surface area contributed by atoms with Gasteiger partial charge in [-0.05, 0) is 25.7 Å². The molecule has 0 unspecified atom stereocenters. The molecule has 0 fully saturated rings. The first-order chi connectivity index (χ1) is 19.0. The van der Waals surface area contributed by atoms with E-state index in [1.165, 1.54) is 30.8 Å². The second-order valence-electron chi connectivity index (χ2n) is 9.95. The van der Waals surface area contributed by atoms with Gasteiger partial charge in [-0.25, -0.2) is 0 Å². The van der Waals surface area contributed by atoms with Gasteiger partial charge in [0.05, 0.1) is 5.76 Å². The molecule has 0 aliphatic heterocycles. The zero-order chi connectivity index (χ0) is 27.5. The second-order valence-corrected chi connectivity index (χ2v) is 12.2. The molecule has 0 aliphatic carbocycles. The maximum absolute atomic E-state index is 11.7. The molecule has 1 N–H and O–H groups in total. The Morgan fingerprint density at radius 3 is 2.38 bits per heavy atom. The molecule has 0 spiro atoms. The van der Waals surface area contributed by atoms with Gasteiger partial charge in [0.2, 0.25) is 0 Å². The van der Waals surface area contributed by atoms with E-state index in [0.717, 1.165) is 53.1 Å². The monoisotopic (exact) mass is 777 g/mol. The van der Waals surface area contributed by atoms with E-state index >= 15 is 0 Å². The van der Waals surface area contributed by atoms with E-state index in [0.29, 0.717) is 0 Å². The van der Waals surface area contributed by atoms with Crippen molar-refractivity contribution in [1.82, 2.24) is 4.98 Å². The number of aliphatic hydroxyl groups excluding tert-OH is 1. The molecule has 6 rings (SSSR count). The van der Waals surface area contributed by atoms with Crippen LogP contribution in [0.5, 0.6) is 0 Å². The number of furan rings is 1. The molecule has 3 heterocycles. The Hall–Kier alpha value is -2.75. The second kappa shape index (κ2) is 13.3. The maximum atomic E-state index is 11.7. The van der Waals surface area contributed by atoms with Crippen LogP contribution >= 0.6 is 0 Å². The standard InChI is InChI=1S/C21H10NOSe.C13H24O2.Ir/c1-2-6-13-12(5-1)11-22-20-14-7-3-8-15-18(14)19-16(23-15)9-4-10-17(19)24-21(13)20;1-5-10(6-2)12(14)9-13(15)11(7-3)8-4;/h1-6,8-11H;9-11,14H,5-8H2,1-4H3;/q-1;;/b;12-9-;. The van der Waals surface area contributed by atoms with Crippen molar-refractivity contribution in [2.75, 3.05) is 0 Å². The molecule has 1 radical (unpaired) electrons. The molecule has 0 bridgehead atoms. The van der Waals surface area contributed by atoms with E-state index in [2.05, 4.69) is 48.5 Å². The molecule has 0 amide bonds. The van der Waals surface area contributed by atoms with Gasteiger partial charge in [0.25, 0.3) is 0 Å². The van der Waals surface area contributed by atoms with Crippen LogP contribution in [0.3, 0.4) is 0 Å². The Morgan fingerprint density at radius 1 is 0.950 bits per heavy atom. The molecule has 0 aliphatic rings. The minimum absolute atomic E-state index is 0. The van der Waals surface area contributed by atoms with Crippen LogP contribution in [0.4, 0.5) is 0 Å². The number of carbonyl (C=O) groups excluding carboxylic acids is 1. The molecular formula is C34H34IrNO3Se-. The van der Waals surface area contributed by atoms with Gasteiger partial charge in [0, 0.05) is 38.0 Å². The number of pyridine rings is 1. The molecule has 3 aromatic heterocycles. The van der Waals surface area contributed by atoms with E-state index in [-0.39, 0.29) is 58.0 Å². The zero-order valence-corrected chi connectivity index (χ0v) is 27.4. The summed E-state index contributed by atoms with van der Waals surface area (Å²) in [7, 11) is 0. The Bertz CT molecular complexity index is 1810. The summed E-state index contributed by atoms with van der Waals surface area (Å²) >= 11 is 0.173. The van der Waals surface area contributed by atoms with Gasteiger partial charge in [-0.1, -0.05) is 27.7 Å². The van der Waals surface area contributed by atoms with Gasteiger partial charge in [-0.3, -0.25) is 4.79 Å². The topological polar surface area (TPSA) is 63.3 Å². The first-order valence-electron chi connectivity index (χ1n) is 13.9. The van der Waals surface area contributed by atoms with Crippen LogP contribution in [0.2, 0.25) is 0 Å². The summed E-state index contributed by atoms with van der Waals surface area (Å²) in [4.78, 5) is 16.5. The normalized spacial score (nSPS) is 12.0. The van der Waals surface area contributed by atoms with Crippen molar-refractivity contribution in [2.45, 2.75) is 53.4 Å². The van der Waals surface area contributed by atoms with Crippen LogP contribution in [0.1, 0.15) is 53.4 Å². The third-order valence-electron chi connectivity index (χ3n) is 7.70. The molecule has 6 heteroatoms. The number of carbonyl (C=O) groups is 1. The van der Waals surface area contributed by atoms with E-state index < -0.39 is 0 Å². The first kappa shape index (κ1) is 30.2. The van der Waals surface area contributed by atoms with Crippen molar-refractivity contribution < 1.29 is 34.4 Å². The van der Waals surface area contributed by atoms with Crippen molar-refractivity contribution in [2.24, 2.45) is 11.8 Å². The number of fused-ring (bicyclic) bond motifs is 4. The van der Waals surface area contributed by atoms with Gasteiger partial charge < -0.3 is 5.11 Å². The number of rotatable bonds is 7.